The summed E-state index contributed by atoms with van der Waals surface area (Å²) >= 11 is 0. The van der Waals surface area contributed by atoms with Crippen LogP contribution >= 0.6 is 0 Å². The van der Waals surface area contributed by atoms with Gasteiger partial charge in [0, 0.05) is 12.1 Å². The molecule has 0 aliphatic heterocycles. The second kappa shape index (κ2) is 5.88. The number of esters is 1. The molecule has 1 heterocycles. The number of ether oxygens (including phenoxy) is 1. The quantitative estimate of drug-likeness (QED) is 0.417. The van der Waals surface area contributed by atoms with Crippen molar-refractivity contribution in [3.63, 3.8) is 0 Å². The number of carbonyl (C=O) groups is 1. The molecule has 0 aliphatic rings. The molecule has 1 atom stereocenters. The predicted molar refractivity (Wildman–Crippen MR) is 81.0 cm³/mol. The summed E-state index contributed by atoms with van der Waals surface area (Å²) in [4.78, 5) is 26.9. The zero-order valence-electron chi connectivity index (χ0n) is 12.1. The number of aromatic nitrogens is 1. The van der Waals surface area contributed by atoms with Crippen LogP contribution in [-0.2, 0) is 9.53 Å². The lowest BCUT2D eigenvalue weighted by Crippen LogP contribution is -2.16. The number of para-hydroxylation sites is 2. The van der Waals surface area contributed by atoms with Crippen LogP contribution in [0.1, 0.15) is 17.4 Å². The summed E-state index contributed by atoms with van der Waals surface area (Å²) in [5.41, 5.74) is 1.40. The number of carbonyl (C=O) groups excluding carboxylic acids is 1. The first-order chi connectivity index (χ1) is 11.1. The van der Waals surface area contributed by atoms with E-state index in [0.29, 0.717) is 16.7 Å². The maximum Gasteiger partial charge on any atom is 0.322 e. The number of nitrogens with zero attached hydrogens (tertiary/aromatic N) is 2. The third-order valence-electron chi connectivity index (χ3n) is 3.41. The fourth-order valence-corrected chi connectivity index (χ4v) is 2.33. The van der Waals surface area contributed by atoms with E-state index >= 15 is 0 Å². The largest absolute Gasteiger partial charge is 0.468 e. The Morgan fingerprint density at radius 1 is 1.26 bits per heavy atom. The Morgan fingerprint density at radius 3 is 2.74 bits per heavy atom. The molecule has 0 aliphatic carbocycles. The second-order valence-electron chi connectivity index (χ2n) is 4.83. The normalized spacial score (nSPS) is 12.0. The fourth-order valence-electron chi connectivity index (χ4n) is 2.33. The van der Waals surface area contributed by atoms with Crippen LogP contribution in [-0.4, -0.2) is 23.0 Å². The molecule has 0 amide bonds. The average molecular weight is 312 g/mol. The third-order valence-corrected chi connectivity index (χ3v) is 3.41. The Labute approximate surface area is 130 Å². The maximum atomic E-state index is 12.2. The third kappa shape index (κ3) is 2.76. The molecule has 116 valence electrons. The van der Waals surface area contributed by atoms with Crippen LogP contribution < -0.4 is 0 Å². The van der Waals surface area contributed by atoms with E-state index in [4.69, 9.17) is 9.15 Å². The molecule has 1 aromatic heterocycles. The second-order valence-corrected chi connectivity index (χ2v) is 4.83. The van der Waals surface area contributed by atoms with Gasteiger partial charge in [0.25, 0.3) is 5.69 Å². The molecule has 0 saturated carbocycles. The van der Waals surface area contributed by atoms with E-state index in [1.54, 1.807) is 30.3 Å². The Bertz CT molecular complexity index is 854. The highest BCUT2D eigenvalue weighted by molar-refractivity contribution is 5.82. The van der Waals surface area contributed by atoms with Crippen molar-refractivity contribution in [2.24, 2.45) is 0 Å². The Kier molecular flexibility index (Phi) is 3.76. The number of non-ortho nitro benzene ring substituents is 1. The predicted octanol–water partition coefficient (Wildman–Crippen LogP) is 3.04. The SMILES string of the molecule is COC(=O)C(c1cccc([N+](=O)[O-])c1)c1nc2ccccc2o1. The monoisotopic (exact) mass is 312 g/mol. The highest BCUT2D eigenvalue weighted by Crippen LogP contribution is 2.30. The maximum absolute atomic E-state index is 12.2. The van der Waals surface area contributed by atoms with Crippen molar-refractivity contribution >= 4 is 22.8 Å². The molecule has 0 radical (unpaired) electrons. The first-order valence-corrected chi connectivity index (χ1v) is 6.78. The van der Waals surface area contributed by atoms with Gasteiger partial charge in [0.2, 0.25) is 5.89 Å². The topological polar surface area (TPSA) is 95.5 Å². The van der Waals surface area contributed by atoms with E-state index in [1.165, 1.54) is 25.3 Å². The van der Waals surface area contributed by atoms with Gasteiger partial charge in [0.15, 0.2) is 11.5 Å². The summed E-state index contributed by atoms with van der Waals surface area (Å²) in [5.74, 6) is -1.43. The van der Waals surface area contributed by atoms with Crippen LogP contribution in [0.25, 0.3) is 11.1 Å². The van der Waals surface area contributed by atoms with Crippen molar-refractivity contribution in [1.29, 1.82) is 0 Å². The van der Waals surface area contributed by atoms with Crippen molar-refractivity contribution in [1.82, 2.24) is 4.98 Å². The van der Waals surface area contributed by atoms with E-state index < -0.39 is 16.8 Å². The van der Waals surface area contributed by atoms with E-state index in [1.807, 2.05) is 0 Å². The minimum absolute atomic E-state index is 0.118. The van der Waals surface area contributed by atoms with E-state index in [9.17, 15) is 14.9 Å². The summed E-state index contributed by atoms with van der Waals surface area (Å²) in [6.07, 6.45) is 0. The van der Waals surface area contributed by atoms with E-state index in [0.717, 1.165) is 0 Å². The summed E-state index contributed by atoms with van der Waals surface area (Å²) in [7, 11) is 1.25. The van der Waals surface area contributed by atoms with Gasteiger partial charge in [-0.2, -0.15) is 0 Å². The molecular formula is C16H12N2O5. The number of nitro benzene ring substituents is 1. The first-order valence-electron chi connectivity index (χ1n) is 6.78. The van der Waals surface area contributed by atoms with Crippen molar-refractivity contribution in [2.45, 2.75) is 5.92 Å². The van der Waals surface area contributed by atoms with Crippen molar-refractivity contribution in [3.8, 4) is 0 Å². The molecule has 0 N–H and O–H groups in total. The van der Waals surface area contributed by atoms with Crippen molar-refractivity contribution in [3.05, 3.63) is 70.1 Å². The average Bonchev–Trinajstić information content (AvgIpc) is 2.98. The first kappa shape index (κ1) is 14.7. The van der Waals surface area contributed by atoms with E-state index in [-0.39, 0.29) is 11.6 Å². The molecule has 7 nitrogen and oxygen atoms in total. The lowest BCUT2D eigenvalue weighted by Gasteiger charge is -2.11. The highest BCUT2D eigenvalue weighted by Gasteiger charge is 2.30. The van der Waals surface area contributed by atoms with Crippen molar-refractivity contribution in [2.75, 3.05) is 7.11 Å². The zero-order valence-corrected chi connectivity index (χ0v) is 12.1. The molecule has 0 saturated heterocycles. The summed E-state index contributed by atoms with van der Waals surface area (Å²) in [6, 6.07) is 12.8. The van der Waals surface area contributed by atoms with Gasteiger partial charge in [0.05, 0.1) is 12.0 Å². The lowest BCUT2D eigenvalue weighted by molar-refractivity contribution is -0.384. The van der Waals surface area contributed by atoms with Gasteiger partial charge >= 0.3 is 5.97 Å². The highest BCUT2D eigenvalue weighted by atomic mass is 16.6. The van der Waals surface area contributed by atoms with Gasteiger partial charge in [-0.3, -0.25) is 14.9 Å². The minimum atomic E-state index is -0.965. The van der Waals surface area contributed by atoms with Gasteiger partial charge in [-0.05, 0) is 17.7 Å². The van der Waals surface area contributed by atoms with Gasteiger partial charge in [-0.25, -0.2) is 4.98 Å². The number of hydrogen-bond donors (Lipinski definition) is 0. The Balaban J connectivity index is 2.13. The molecule has 3 rings (SSSR count). The summed E-state index contributed by atoms with van der Waals surface area (Å²) in [5, 5.41) is 10.9. The number of methoxy groups -OCH3 is 1. The summed E-state index contributed by atoms with van der Waals surface area (Å²) in [6.45, 7) is 0. The Hall–Kier alpha value is -3.22. The van der Waals surface area contributed by atoms with Crippen molar-refractivity contribution < 1.29 is 18.9 Å². The van der Waals surface area contributed by atoms with Crippen LogP contribution in [0.5, 0.6) is 0 Å². The lowest BCUT2D eigenvalue weighted by atomic mass is 9.98. The summed E-state index contributed by atoms with van der Waals surface area (Å²) < 4.78 is 10.4. The molecule has 23 heavy (non-hydrogen) atoms. The van der Waals surface area contributed by atoms with Crippen LogP contribution in [0.2, 0.25) is 0 Å². The fraction of sp³-hybridized carbons (Fsp3) is 0.125. The molecular weight excluding hydrogens is 300 g/mol. The molecule has 0 spiro atoms. The Morgan fingerprint density at radius 2 is 2.04 bits per heavy atom. The number of nitro groups is 1. The molecule has 2 aromatic carbocycles. The zero-order chi connectivity index (χ0) is 16.4. The molecule has 7 heteroatoms. The number of hydrogen-bond acceptors (Lipinski definition) is 6. The van der Waals surface area contributed by atoms with Gasteiger partial charge in [-0.15, -0.1) is 0 Å². The molecule has 3 aromatic rings. The molecule has 0 bridgehead atoms. The number of fused-ring (bicyclic) bond motifs is 1. The minimum Gasteiger partial charge on any atom is -0.468 e. The molecule has 1 unspecified atom stereocenters. The van der Waals surface area contributed by atoms with E-state index in [2.05, 4.69) is 4.98 Å². The number of rotatable bonds is 4. The smallest absolute Gasteiger partial charge is 0.322 e. The number of oxazole rings is 1. The number of benzene rings is 2. The molecule has 0 fully saturated rings. The van der Waals surface area contributed by atoms with Gasteiger partial charge < -0.3 is 9.15 Å². The van der Waals surface area contributed by atoms with Crippen LogP contribution in [0.3, 0.4) is 0 Å². The van der Waals surface area contributed by atoms with Gasteiger partial charge in [0.1, 0.15) is 5.52 Å². The van der Waals surface area contributed by atoms with Crippen LogP contribution in [0.4, 0.5) is 5.69 Å². The van der Waals surface area contributed by atoms with Gasteiger partial charge in [-0.1, -0.05) is 24.3 Å². The van der Waals surface area contributed by atoms with Crippen LogP contribution in [0, 0.1) is 10.1 Å². The standard InChI is InChI=1S/C16H12N2O5/c1-22-16(19)14(10-5-4-6-11(9-10)18(20)21)15-17-12-7-2-3-8-13(12)23-15/h2-9,14H,1H3. The van der Waals surface area contributed by atoms with Crippen LogP contribution in [0.15, 0.2) is 52.9 Å².